The van der Waals surface area contributed by atoms with E-state index in [1.54, 1.807) is 23.7 Å². The predicted molar refractivity (Wildman–Crippen MR) is 103 cm³/mol. The monoisotopic (exact) mass is 343 g/mol. The summed E-state index contributed by atoms with van der Waals surface area (Å²) in [4.78, 5) is 8.86. The summed E-state index contributed by atoms with van der Waals surface area (Å²) in [5, 5.41) is 2.96. The Morgan fingerprint density at radius 2 is 1.52 bits per heavy atom. The summed E-state index contributed by atoms with van der Waals surface area (Å²) in [7, 11) is 0. The zero-order valence-electron chi connectivity index (χ0n) is 13.5. The number of thiazole rings is 1. The molecule has 4 aromatic rings. The van der Waals surface area contributed by atoms with E-state index in [1.807, 2.05) is 18.2 Å². The molecule has 4 heteroatoms. The van der Waals surface area contributed by atoms with Crippen molar-refractivity contribution in [3.8, 4) is 22.4 Å². The Balaban J connectivity index is 1.58. The maximum absolute atomic E-state index is 6.32. The van der Waals surface area contributed by atoms with Crippen molar-refractivity contribution < 1.29 is 0 Å². The first-order valence-corrected chi connectivity index (χ1v) is 8.96. The van der Waals surface area contributed by atoms with Crippen molar-refractivity contribution in [2.24, 2.45) is 5.73 Å². The van der Waals surface area contributed by atoms with Gasteiger partial charge >= 0.3 is 0 Å². The summed E-state index contributed by atoms with van der Waals surface area (Å²) in [5.41, 5.74) is 11.8. The van der Waals surface area contributed by atoms with Crippen LogP contribution in [0.3, 0.4) is 0 Å². The van der Waals surface area contributed by atoms with Gasteiger partial charge in [-0.25, -0.2) is 4.98 Å². The molecule has 0 amide bonds. The molecule has 0 bridgehead atoms. The first-order chi connectivity index (χ1) is 12.3. The third kappa shape index (κ3) is 3.36. The summed E-state index contributed by atoms with van der Waals surface area (Å²) < 4.78 is 0. The lowest BCUT2D eigenvalue weighted by Crippen LogP contribution is -2.11. The van der Waals surface area contributed by atoms with Crippen LogP contribution < -0.4 is 5.73 Å². The number of aromatic nitrogens is 2. The Hall–Kier alpha value is -2.82. The fourth-order valence-electron chi connectivity index (χ4n) is 2.73. The van der Waals surface area contributed by atoms with E-state index in [0.717, 1.165) is 21.8 Å². The molecule has 25 heavy (non-hydrogen) atoms. The molecule has 2 N–H and O–H groups in total. The third-order valence-corrected chi connectivity index (χ3v) is 5.05. The molecule has 0 aliphatic heterocycles. The first kappa shape index (κ1) is 15.7. The quantitative estimate of drug-likeness (QED) is 0.572. The highest BCUT2D eigenvalue weighted by Gasteiger charge is 2.14. The minimum atomic E-state index is -0.240. The number of nitrogens with two attached hydrogens (primary N) is 1. The minimum Gasteiger partial charge on any atom is -0.318 e. The molecule has 2 heterocycles. The van der Waals surface area contributed by atoms with E-state index in [4.69, 9.17) is 10.7 Å². The molecule has 0 spiro atoms. The second-order valence-electron chi connectivity index (χ2n) is 5.78. The first-order valence-electron chi connectivity index (χ1n) is 8.08. The molecule has 1 unspecified atom stereocenters. The standard InChI is InChI=1S/C21H17N3S/c22-20(18-7-4-12-23-13-18)21-24-19(14-25-21)17-10-8-16(9-11-17)15-5-2-1-3-6-15/h1-14,20H,22H2. The Morgan fingerprint density at radius 3 is 2.24 bits per heavy atom. The SMILES string of the molecule is NC(c1cccnc1)c1nc(-c2ccc(-c3ccccc3)cc2)cs1. The van der Waals surface area contributed by atoms with Crippen LogP contribution in [0.15, 0.2) is 84.5 Å². The molecule has 0 aliphatic carbocycles. The van der Waals surface area contributed by atoms with Crippen molar-refractivity contribution in [2.45, 2.75) is 6.04 Å². The van der Waals surface area contributed by atoms with Crippen LogP contribution in [0.5, 0.6) is 0 Å². The number of rotatable bonds is 4. The van der Waals surface area contributed by atoms with Crippen molar-refractivity contribution in [3.05, 3.63) is 95.1 Å². The molecule has 0 saturated carbocycles. The lowest BCUT2D eigenvalue weighted by molar-refractivity contribution is 0.851. The molecule has 2 aromatic carbocycles. The highest BCUT2D eigenvalue weighted by molar-refractivity contribution is 7.10. The van der Waals surface area contributed by atoms with Gasteiger partial charge in [-0.2, -0.15) is 0 Å². The number of hydrogen-bond donors (Lipinski definition) is 1. The zero-order valence-corrected chi connectivity index (χ0v) is 14.4. The smallest absolute Gasteiger partial charge is 0.115 e. The molecule has 0 aliphatic rings. The highest BCUT2D eigenvalue weighted by atomic mass is 32.1. The third-order valence-electron chi connectivity index (χ3n) is 4.12. The van der Waals surface area contributed by atoms with Gasteiger partial charge in [0.15, 0.2) is 0 Å². The molecular weight excluding hydrogens is 326 g/mol. The van der Waals surface area contributed by atoms with Crippen LogP contribution in [0.1, 0.15) is 16.6 Å². The summed E-state index contributed by atoms with van der Waals surface area (Å²) in [6.07, 6.45) is 3.54. The number of pyridine rings is 1. The molecule has 3 nitrogen and oxygen atoms in total. The minimum absolute atomic E-state index is 0.240. The maximum atomic E-state index is 6.32. The summed E-state index contributed by atoms with van der Waals surface area (Å²) in [5.74, 6) is 0. The Bertz CT molecular complexity index is 947. The van der Waals surface area contributed by atoms with Crippen LogP contribution >= 0.6 is 11.3 Å². The van der Waals surface area contributed by atoms with Gasteiger partial charge in [0.05, 0.1) is 11.7 Å². The molecule has 0 fully saturated rings. The largest absolute Gasteiger partial charge is 0.318 e. The van der Waals surface area contributed by atoms with E-state index >= 15 is 0 Å². The van der Waals surface area contributed by atoms with Crippen molar-refractivity contribution in [3.63, 3.8) is 0 Å². The molecule has 2 aromatic heterocycles. The van der Waals surface area contributed by atoms with Crippen LogP contribution in [-0.4, -0.2) is 9.97 Å². The van der Waals surface area contributed by atoms with Gasteiger partial charge in [0.2, 0.25) is 0 Å². The van der Waals surface area contributed by atoms with Crippen LogP contribution in [0.2, 0.25) is 0 Å². The predicted octanol–water partition coefficient (Wildman–Crippen LogP) is 4.92. The Kier molecular flexibility index (Phi) is 4.37. The molecule has 1 atom stereocenters. The normalized spacial score (nSPS) is 12.0. The fourth-order valence-corrected chi connectivity index (χ4v) is 3.58. The van der Waals surface area contributed by atoms with Crippen LogP contribution in [0, 0.1) is 0 Å². The number of nitrogens with zero attached hydrogens (tertiary/aromatic N) is 2. The molecule has 4 rings (SSSR count). The van der Waals surface area contributed by atoms with E-state index in [1.165, 1.54) is 11.1 Å². The van der Waals surface area contributed by atoms with Gasteiger partial charge in [-0.3, -0.25) is 4.98 Å². The molecule has 122 valence electrons. The lowest BCUT2D eigenvalue weighted by atomic mass is 10.0. The van der Waals surface area contributed by atoms with Gasteiger partial charge < -0.3 is 5.73 Å². The van der Waals surface area contributed by atoms with Gasteiger partial charge in [-0.05, 0) is 22.8 Å². The summed E-state index contributed by atoms with van der Waals surface area (Å²) in [6.45, 7) is 0. The van der Waals surface area contributed by atoms with Crippen molar-refractivity contribution in [2.75, 3.05) is 0 Å². The van der Waals surface area contributed by atoms with E-state index in [9.17, 15) is 0 Å². The van der Waals surface area contributed by atoms with E-state index in [2.05, 4.69) is 58.9 Å². The average molecular weight is 343 g/mol. The lowest BCUT2D eigenvalue weighted by Gasteiger charge is -2.07. The van der Waals surface area contributed by atoms with E-state index in [0.29, 0.717) is 0 Å². The maximum Gasteiger partial charge on any atom is 0.115 e. The fraction of sp³-hybridized carbons (Fsp3) is 0.0476. The number of benzene rings is 2. The topological polar surface area (TPSA) is 51.8 Å². The molecule has 0 radical (unpaired) electrons. The van der Waals surface area contributed by atoms with Crippen LogP contribution in [-0.2, 0) is 0 Å². The second kappa shape index (κ2) is 6.97. The molecular formula is C21H17N3S. The Morgan fingerprint density at radius 1 is 0.800 bits per heavy atom. The molecule has 0 saturated heterocycles. The zero-order chi connectivity index (χ0) is 17.1. The Labute approximate surface area is 150 Å². The van der Waals surface area contributed by atoms with Crippen molar-refractivity contribution >= 4 is 11.3 Å². The second-order valence-corrected chi connectivity index (χ2v) is 6.67. The van der Waals surface area contributed by atoms with E-state index in [-0.39, 0.29) is 6.04 Å². The van der Waals surface area contributed by atoms with Crippen molar-refractivity contribution in [1.82, 2.24) is 9.97 Å². The summed E-state index contributed by atoms with van der Waals surface area (Å²) >= 11 is 1.58. The van der Waals surface area contributed by atoms with Gasteiger partial charge in [-0.15, -0.1) is 11.3 Å². The van der Waals surface area contributed by atoms with Gasteiger partial charge in [0, 0.05) is 23.3 Å². The average Bonchev–Trinajstić information content (AvgIpc) is 3.19. The van der Waals surface area contributed by atoms with Crippen LogP contribution in [0.4, 0.5) is 0 Å². The number of hydrogen-bond acceptors (Lipinski definition) is 4. The van der Waals surface area contributed by atoms with Crippen molar-refractivity contribution in [1.29, 1.82) is 0 Å². The van der Waals surface area contributed by atoms with Gasteiger partial charge in [-0.1, -0.05) is 60.7 Å². The van der Waals surface area contributed by atoms with Gasteiger partial charge in [0.25, 0.3) is 0 Å². The summed E-state index contributed by atoms with van der Waals surface area (Å²) in [6, 6.07) is 22.5. The highest BCUT2D eigenvalue weighted by Crippen LogP contribution is 2.29. The van der Waals surface area contributed by atoms with Crippen LogP contribution in [0.25, 0.3) is 22.4 Å². The van der Waals surface area contributed by atoms with Gasteiger partial charge in [0.1, 0.15) is 5.01 Å². The van der Waals surface area contributed by atoms with E-state index < -0.39 is 0 Å².